The van der Waals surface area contributed by atoms with Crippen LogP contribution in [0, 0.1) is 18.7 Å². The summed E-state index contributed by atoms with van der Waals surface area (Å²) in [6.07, 6.45) is 7.06. The molecule has 0 radical (unpaired) electrons. The van der Waals surface area contributed by atoms with Crippen LogP contribution < -0.4 is 20.1 Å². The van der Waals surface area contributed by atoms with E-state index in [2.05, 4.69) is 30.3 Å². The van der Waals surface area contributed by atoms with Crippen LogP contribution in [0.1, 0.15) is 80.9 Å². The van der Waals surface area contributed by atoms with Crippen molar-refractivity contribution in [3.8, 4) is 5.88 Å². The van der Waals surface area contributed by atoms with E-state index in [1.54, 1.807) is 25.3 Å². The van der Waals surface area contributed by atoms with Gasteiger partial charge in [0.25, 0.3) is 11.8 Å². The summed E-state index contributed by atoms with van der Waals surface area (Å²) in [4.78, 5) is 69.8. The van der Waals surface area contributed by atoms with E-state index in [1.165, 1.54) is 33.9 Å². The number of allylic oxidation sites excluding steroid dienone is 1. The molecule has 0 bridgehead atoms. The molecule has 52 heavy (non-hydrogen) atoms. The predicted molar refractivity (Wildman–Crippen MR) is 188 cm³/mol. The van der Waals surface area contributed by atoms with Gasteiger partial charge in [-0.15, -0.1) is 11.3 Å². The number of carbonyl (C=O) groups excluding carboxylic acids is 4. The van der Waals surface area contributed by atoms with Crippen LogP contribution in [0.5, 0.6) is 5.88 Å². The number of halogens is 1. The standard InChI is InChI=1S/C35H40FN7O7S2/c1-20-31(40-28-23(36)10-8-12-24(28)38-20)50-22-15-27-30(45)41-35(33(47)42-52(48,49)34(2)13-14-34)16-21(35)9-6-4-3-5-7-11-25(32(46)43(27)17-22)39-29(44)26-18-51-19-37-26/h6,8-10,12,18-19,21-22,25,27H,3-5,7,11,13-17H2,1-2H3,(H,39,44)(H,41,45)(H,42,47)/b9-6-/t21?,22-,25+,27+,35-/m1/s1. The van der Waals surface area contributed by atoms with Crippen molar-refractivity contribution >= 4 is 56.0 Å². The normalized spacial score (nSPS) is 28.0. The second-order valence-electron chi connectivity index (χ2n) is 14.3. The van der Waals surface area contributed by atoms with Crippen LogP contribution in [-0.4, -0.2) is 86.9 Å². The van der Waals surface area contributed by atoms with Crippen molar-refractivity contribution in [1.29, 1.82) is 0 Å². The number of rotatable bonds is 7. The molecule has 3 N–H and O–H groups in total. The van der Waals surface area contributed by atoms with Gasteiger partial charge >= 0.3 is 0 Å². The molecular weight excluding hydrogens is 714 g/mol. The molecule has 4 amide bonds. The van der Waals surface area contributed by atoms with E-state index in [0.29, 0.717) is 43.3 Å². The van der Waals surface area contributed by atoms with Crippen molar-refractivity contribution in [2.45, 2.75) is 100 Å². The van der Waals surface area contributed by atoms with Crippen LogP contribution in [0.25, 0.3) is 11.0 Å². The van der Waals surface area contributed by atoms with Crippen molar-refractivity contribution in [2.75, 3.05) is 6.54 Å². The molecule has 14 nitrogen and oxygen atoms in total. The Morgan fingerprint density at radius 2 is 1.96 bits per heavy atom. The summed E-state index contributed by atoms with van der Waals surface area (Å²) in [6.45, 7) is 3.13. The lowest BCUT2D eigenvalue weighted by atomic mass is 10.0. The molecule has 3 aromatic rings. The van der Waals surface area contributed by atoms with Gasteiger partial charge in [-0.1, -0.05) is 31.1 Å². The fraction of sp³-hybridized carbons (Fsp3) is 0.514. The van der Waals surface area contributed by atoms with E-state index < -0.39 is 73.9 Å². The molecule has 4 aliphatic rings. The van der Waals surface area contributed by atoms with E-state index in [1.807, 2.05) is 12.2 Å². The number of thiazole rings is 1. The molecule has 276 valence electrons. The third-order valence-electron chi connectivity index (χ3n) is 10.5. The first-order valence-corrected chi connectivity index (χ1v) is 19.9. The molecule has 5 atom stereocenters. The van der Waals surface area contributed by atoms with Gasteiger partial charge in [0.15, 0.2) is 5.82 Å². The Hall–Kier alpha value is -4.51. The molecule has 4 heterocycles. The average Bonchev–Trinajstić information content (AvgIpc) is 3.85. The molecule has 1 saturated heterocycles. The number of aryl methyl sites for hydroxylation is 1. The highest BCUT2D eigenvalue weighted by molar-refractivity contribution is 7.91. The maximum atomic E-state index is 14.7. The molecule has 17 heteroatoms. The molecule has 0 spiro atoms. The first-order chi connectivity index (χ1) is 24.8. The Morgan fingerprint density at radius 1 is 1.15 bits per heavy atom. The number of benzene rings is 1. The highest BCUT2D eigenvalue weighted by Gasteiger charge is 2.63. The topological polar surface area (TPSA) is 190 Å². The number of nitrogens with one attached hydrogen (secondary N) is 3. The van der Waals surface area contributed by atoms with Crippen LogP contribution in [-0.2, 0) is 24.4 Å². The van der Waals surface area contributed by atoms with E-state index in [0.717, 1.165) is 12.8 Å². The van der Waals surface area contributed by atoms with Gasteiger partial charge in [0.1, 0.15) is 40.6 Å². The molecule has 2 aliphatic carbocycles. The predicted octanol–water partition coefficient (Wildman–Crippen LogP) is 3.07. The summed E-state index contributed by atoms with van der Waals surface area (Å²) in [5.74, 6) is -3.56. The lowest BCUT2D eigenvalue weighted by molar-refractivity contribution is -0.141. The fourth-order valence-electron chi connectivity index (χ4n) is 6.89. The van der Waals surface area contributed by atoms with Gasteiger partial charge < -0.3 is 20.3 Å². The van der Waals surface area contributed by atoms with Gasteiger partial charge in [0.05, 0.1) is 22.3 Å². The summed E-state index contributed by atoms with van der Waals surface area (Å²) in [5.41, 5.74) is 0.851. The van der Waals surface area contributed by atoms with Crippen LogP contribution in [0.4, 0.5) is 4.39 Å². The van der Waals surface area contributed by atoms with Gasteiger partial charge in [-0.25, -0.2) is 27.8 Å². The van der Waals surface area contributed by atoms with E-state index in [4.69, 9.17) is 4.74 Å². The Bertz CT molecular complexity index is 2060. The number of amides is 4. The number of ether oxygens (including phenoxy) is 1. The van der Waals surface area contributed by atoms with E-state index >= 15 is 0 Å². The molecule has 1 aromatic carbocycles. The smallest absolute Gasteiger partial charge is 0.271 e. The maximum Gasteiger partial charge on any atom is 0.271 e. The molecule has 3 fully saturated rings. The van der Waals surface area contributed by atoms with Gasteiger partial charge in [-0.3, -0.25) is 23.9 Å². The van der Waals surface area contributed by atoms with Gasteiger partial charge in [0, 0.05) is 17.7 Å². The minimum Gasteiger partial charge on any atom is -0.471 e. The Morgan fingerprint density at radius 3 is 2.71 bits per heavy atom. The summed E-state index contributed by atoms with van der Waals surface area (Å²) in [7, 11) is -4.00. The van der Waals surface area contributed by atoms with E-state index in [9.17, 15) is 32.0 Å². The number of aromatic nitrogens is 3. The second kappa shape index (κ2) is 13.8. The summed E-state index contributed by atoms with van der Waals surface area (Å²) >= 11 is 1.24. The number of para-hydroxylation sites is 1. The van der Waals surface area contributed by atoms with Crippen molar-refractivity contribution in [2.24, 2.45) is 5.92 Å². The highest BCUT2D eigenvalue weighted by atomic mass is 32.2. The van der Waals surface area contributed by atoms with Gasteiger partial charge in [0.2, 0.25) is 27.7 Å². The van der Waals surface area contributed by atoms with Crippen molar-refractivity contribution in [3.63, 3.8) is 0 Å². The summed E-state index contributed by atoms with van der Waals surface area (Å²) in [6, 6.07) is 2.24. The van der Waals surface area contributed by atoms with Crippen LogP contribution in [0.15, 0.2) is 41.2 Å². The largest absolute Gasteiger partial charge is 0.471 e. The van der Waals surface area contributed by atoms with Gasteiger partial charge in [-0.05, 0) is 64.5 Å². The van der Waals surface area contributed by atoms with E-state index in [-0.39, 0.29) is 36.5 Å². The second-order valence-corrected chi connectivity index (χ2v) is 17.2. The van der Waals surface area contributed by atoms with Crippen LogP contribution in [0.3, 0.4) is 0 Å². The lowest BCUT2D eigenvalue weighted by Gasteiger charge is -2.30. The summed E-state index contributed by atoms with van der Waals surface area (Å²) in [5, 5.41) is 7.23. The minimum absolute atomic E-state index is 0.00497. The molecular formula is C35H40FN7O7S2. The number of carbonyl (C=O) groups is 4. The average molecular weight is 754 g/mol. The zero-order chi connectivity index (χ0) is 36.8. The number of sulfonamides is 1. The number of hydrogen-bond acceptors (Lipinski definition) is 11. The van der Waals surface area contributed by atoms with Crippen molar-refractivity contribution in [3.05, 3.63) is 58.4 Å². The first-order valence-electron chi connectivity index (χ1n) is 17.4. The summed E-state index contributed by atoms with van der Waals surface area (Å²) < 4.78 is 48.2. The maximum absolute atomic E-state index is 14.7. The quantitative estimate of drug-likeness (QED) is 0.303. The number of hydrogen-bond donors (Lipinski definition) is 3. The van der Waals surface area contributed by atoms with Crippen LogP contribution >= 0.6 is 11.3 Å². The molecule has 2 saturated carbocycles. The monoisotopic (exact) mass is 753 g/mol. The Kier molecular flexibility index (Phi) is 9.52. The lowest BCUT2D eigenvalue weighted by Crippen LogP contribution is -2.58. The van der Waals surface area contributed by atoms with Crippen LogP contribution in [0.2, 0.25) is 0 Å². The number of nitrogens with zero attached hydrogens (tertiary/aromatic N) is 4. The minimum atomic E-state index is -4.00. The Labute approximate surface area is 304 Å². The fourth-order valence-corrected chi connectivity index (χ4v) is 8.73. The van der Waals surface area contributed by atoms with Crippen molar-refractivity contribution < 1.29 is 36.7 Å². The third-order valence-corrected chi connectivity index (χ3v) is 13.2. The molecule has 1 unspecified atom stereocenters. The van der Waals surface area contributed by atoms with Crippen molar-refractivity contribution in [1.82, 2.24) is 35.2 Å². The SMILES string of the molecule is Cc1nc2cccc(F)c2nc1O[C@@H]1C[C@H]2C(=O)N[C@]3(C(=O)NS(=O)(=O)C4(C)CC4)CC3/C=C\CCCCC[C@H](NC(=O)c3cscn3)C(=O)N2C1. The zero-order valence-corrected chi connectivity index (χ0v) is 30.4. The zero-order valence-electron chi connectivity index (χ0n) is 28.8. The Balaban J connectivity index is 1.20. The third kappa shape index (κ3) is 6.99. The highest BCUT2D eigenvalue weighted by Crippen LogP contribution is 2.47. The first kappa shape index (κ1) is 35.9. The van der Waals surface area contributed by atoms with Gasteiger partial charge in [-0.2, -0.15) is 0 Å². The molecule has 2 aliphatic heterocycles. The number of fused-ring (bicyclic) bond motifs is 3. The molecule has 2 aromatic heterocycles. The molecule has 7 rings (SSSR count).